The predicted octanol–water partition coefficient (Wildman–Crippen LogP) is 5.12. The summed E-state index contributed by atoms with van der Waals surface area (Å²) in [6.45, 7) is 2.06. The molecule has 1 amide bonds. The average Bonchev–Trinajstić information content (AvgIpc) is 2.61. The highest BCUT2D eigenvalue weighted by Crippen LogP contribution is 2.23. The third-order valence-electron chi connectivity index (χ3n) is 3.94. The van der Waals surface area contributed by atoms with Crippen LogP contribution in [0.2, 0.25) is 0 Å². The smallest absolute Gasteiger partial charge is 0.253 e. The van der Waals surface area contributed by atoms with Crippen molar-refractivity contribution in [3.8, 4) is 0 Å². The van der Waals surface area contributed by atoms with Crippen molar-refractivity contribution in [3.63, 3.8) is 0 Å². The van der Waals surface area contributed by atoms with E-state index in [0.717, 1.165) is 14.7 Å². The van der Waals surface area contributed by atoms with Gasteiger partial charge in [0.1, 0.15) is 0 Å². The van der Waals surface area contributed by atoms with Gasteiger partial charge in [0.05, 0.1) is 11.6 Å². The molecule has 24 heavy (non-hydrogen) atoms. The predicted molar refractivity (Wildman–Crippen MR) is 106 cm³/mol. The monoisotopic (exact) mass is 427 g/mol. The van der Waals surface area contributed by atoms with E-state index >= 15 is 0 Å². The molecule has 0 bridgehead atoms. The van der Waals surface area contributed by atoms with E-state index in [4.69, 9.17) is 0 Å². The Morgan fingerprint density at radius 2 is 1.42 bits per heavy atom. The van der Waals surface area contributed by atoms with Crippen LogP contribution >= 0.6 is 22.6 Å². The number of carbonyl (C=O) groups excluding carboxylic acids is 1. The molecule has 0 aliphatic rings. The molecule has 120 valence electrons. The Labute approximate surface area is 156 Å². The Kier molecular flexibility index (Phi) is 5.30. The van der Waals surface area contributed by atoms with E-state index < -0.39 is 0 Å². The first-order valence-electron chi connectivity index (χ1n) is 7.82. The van der Waals surface area contributed by atoms with E-state index in [0.29, 0.717) is 5.56 Å². The van der Waals surface area contributed by atoms with Gasteiger partial charge in [0.15, 0.2) is 0 Å². The third kappa shape index (κ3) is 3.85. The second-order valence-electron chi connectivity index (χ2n) is 5.71. The van der Waals surface area contributed by atoms with Crippen molar-refractivity contribution < 1.29 is 4.79 Å². The Morgan fingerprint density at radius 1 is 0.833 bits per heavy atom. The van der Waals surface area contributed by atoms with Gasteiger partial charge in [-0.1, -0.05) is 72.3 Å². The number of nitrogens with one attached hydrogen (secondary N) is 1. The molecule has 1 unspecified atom stereocenters. The molecule has 3 heteroatoms. The van der Waals surface area contributed by atoms with Gasteiger partial charge in [-0.15, -0.1) is 0 Å². The topological polar surface area (TPSA) is 29.1 Å². The molecule has 0 spiro atoms. The molecule has 3 rings (SSSR count). The van der Waals surface area contributed by atoms with Crippen LogP contribution in [0, 0.1) is 10.5 Å². The van der Waals surface area contributed by atoms with Gasteiger partial charge < -0.3 is 5.32 Å². The molecule has 0 radical (unpaired) electrons. The normalized spacial score (nSPS) is 11.8. The highest BCUT2D eigenvalue weighted by molar-refractivity contribution is 14.1. The molecule has 3 aromatic rings. The van der Waals surface area contributed by atoms with Crippen molar-refractivity contribution in [2.24, 2.45) is 0 Å². The summed E-state index contributed by atoms with van der Waals surface area (Å²) in [7, 11) is 0. The maximum absolute atomic E-state index is 12.8. The van der Waals surface area contributed by atoms with E-state index in [2.05, 4.69) is 59.1 Å². The number of halogens is 1. The lowest BCUT2D eigenvalue weighted by molar-refractivity contribution is 0.0942. The van der Waals surface area contributed by atoms with E-state index in [1.165, 1.54) is 5.56 Å². The molecule has 0 heterocycles. The van der Waals surface area contributed by atoms with Crippen LogP contribution in [-0.2, 0) is 0 Å². The van der Waals surface area contributed by atoms with Crippen LogP contribution in [0.3, 0.4) is 0 Å². The van der Waals surface area contributed by atoms with Gasteiger partial charge in [-0.2, -0.15) is 0 Å². The number of carbonyl (C=O) groups is 1. The van der Waals surface area contributed by atoms with E-state index in [1.807, 2.05) is 54.6 Å². The number of rotatable bonds is 4. The Bertz CT molecular complexity index is 828. The first-order chi connectivity index (χ1) is 11.6. The minimum atomic E-state index is -0.171. The molecule has 1 atom stereocenters. The minimum absolute atomic E-state index is 0.0607. The average molecular weight is 427 g/mol. The largest absolute Gasteiger partial charge is 0.341 e. The highest BCUT2D eigenvalue weighted by atomic mass is 127. The summed E-state index contributed by atoms with van der Waals surface area (Å²) in [6.07, 6.45) is 0. The molecule has 0 saturated heterocycles. The van der Waals surface area contributed by atoms with Crippen LogP contribution < -0.4 is 5.32 Å². The number of aryl methyl sites for hydroxylation is 1. The number of amides is 1. The van der Waals surface area contributed by atoms with Crippen LogP contribution in [-0.4, -0.2) is 5.91 Å². The molecule has 1 N–H and O–H groups in total. The maximum Gasteiger partial charge on any atom is 0.253 e. The summed E-state index contributed by atoms with van der Waals surface area (Å²) < 4.78 is 0.948. The molecule has 0 fully saturated rings. The number of hydrogen-bond acceptors (Lipinski definition) is 1. The van der Waals surface area contributed by atoms with Crippen molar-refractivity contribution in [1.29, 1.82) is 0 Å². The summed E-state index contributed by atoms with van der Waals surface area (Å²) in [5.41, 5.74) is 4.05. The zero-order valence-electron chi connectivity index (χ0n) is 13.4. The van der Waals surface area contributed by atoms with Crippen LogP contribution in [0.15, 0.2) is 78.9 Å². The van der Waals surface area contributed by atoms with Gasteiger partial charge >= 0.3 is 0 Å². The first-order valence-corrected chi connectivity index (χ1v) is 8.90. The summed E-state index contributed by atoms with van der Waals surface area (Å²) in [6, 6.07) is 25.8. The SMILES string of the molecule is Cc1ccc(C(NC(=O)c2ccccc2I)c2ccccc2)cc1. The summed E-state index contributed by atoms with van der Waals surface area (Å²) in [4.78, 5) is 12.8. The fourth-order valence-electron chi connectivity index (χ4n) is 2.62. The van der Waals surface area contributed by atoms with Gasteiger partial charge in [0, 0.05) is 3.57 Å². The fraction of sp³-hybridized carbons (Fsp3) is 0.0952. The molecular formula is C21H18INO. The van der Waals surface area contributed by atoms with Crippen molar-refractivity contribution in [3.05, 3.63) is 105 Å². The lowest BCUT2D eigenvalue weighted by atomic mass is 9.97. The Balaban J connectivity index is 1.95. The molecule has 0 aliphatic carbocycles. The first kappa shape index (κ1) is 16.7. The Morgan fingerprint density at radius 3 is 2.08 bits per heavy atom. The van der Waals surface area contributed by atoms with Crippen LogP contribution in [0.4, 0.5) is 0 Å². The summed E-state index contributed by atoms with van der Waals surface area (Å²) >= 11 is 2.20. The summed E-state index contributed by atoms with van der Waals surface area (Å²) in [5.74, 6) is -0.0607. The van der Waals surface area contributed by atoms with Gasteiger partial charge in [-0.3, -0.25) is 4.79 Å². The molecule has 2 nitrogen and oxygen atoms in total. The lowest BCUT2D eigenvalue weighted by Crippen LogP contribution is -2.29. The molecule has 0 saturated carbocycles. The molecular weight excluding hydrogens is 409 g/mol. The zero-order chi connectivity index (χ0) is 16.9. The number of benzene rings is 3. The second-order valence-corrected chi connectivity index (χ2v) is 6.87. The van der Waals surface area contributed by atoms with Crippen molar-refractivity contribution in [2.45, 2.75) is 13.0 Å². The minimum Gasteiger partial charge on any atom is -0.341 e. The van der Waals surface area contributed by atoms with Crippen LogP contribution in [0.1, 0.15) is 33.1 Å². The van der Waals surface area contributed by atoms with Gasteiger partial charge in [0.2, 0.25) is 0 Å². The quantitative estimate of drug-likeness (QED) is 0.576. The van der Waals surface area contributed by atoms with Crippen LogP contribution in [0.5, 0.6) is 0 Å². The number of hydrogen-bond donors (Lipinski definition) is 1. The standard InChI is InChI=1S/C21H18INO/c1-15-11-13-17(14-12-15)20(16-7-3-2-4-8-16)23-21(24)18-9-5-6-10-19(18)22/h2-14,20H,1H3,(H,23,24). The molecule has 0 aromatic heterocycles. The van der Waals surface area contributed by atoms with E-state index in [-0.39, 0.29) is 11.9 Å². The van der Waals surface area contributed by atoms with Crippen LogP contribution in [0.25, 0.3) is 0 Å². The van der Waals surface area contributed by atoms with Crippen molar-refractivity contribution in [1.82, 2.24) is 5.32 Å². The lowest BCUT2D eigenvalue weighted by Gasteiger charge is -2.20. The van der Waals surface area contributed by atoms with Gasteiger partial charge in [-0.05, 0) is 52.8 Å². The van der Waals surface area contributed by atoms with Crippen molar-refractivity contribution in [2.75, 3.05) is 0 Å². The second kappa shape index (κ2) is 7.62. The maximum atomic E-state index is 12.8. The van der Waals surface area contributed by atoms with Gasteiger partial charge in [0.25, 0.3) is 5.91 Å². The molecule has 3 aromatic carbocycles. The van der Waals surface area contributed by atoms with Crippen molar-refractivity contribution >= 4 is 28.5 Å². The fourth-order valence-corrected chi connectivity index (χ4v) is 3.25. The van der Waals surface area contributed by atoms with Gasteiger partial charge in [-0.25, -0.2) is 0 Å². The third-order valence-corrected chi connectivity index (χ3v) is 4.88. The molecule has 0 aliphatic heterocycles. The van der Waals surface area contributed by atoms with E-state index in [9.17, 15) is 4.79 Å². The van der Waals surface area contributed by atoms with E-state index in [1.54, 1.807) is 0 Å². The zero-order valence-corrected chi connectivity index (χ0v) is 15.5. The summed E-state index contributed by atoms with van der Waals surface area (Å²) in [5, 5.41) is 3.18. The highest BCUT2D eigenvalue weighted by Gasteiger charge is 2.18. The Hall–Kier alpha value is -2.14.